The summed E-state index contributed by atoms with van der Waals surface area (Å²) in [5.74, 6) is 0.00831. The van der Waals surface area contributed by atoms with Crippen LogP contribution in [0.3, 0.4) is 0 Å². The van der Waals surface area contributed by atoms with Gasteiger partial charge in [0.1, 0.15) is 10.4 Å². The van der Waals surface area contributed by atoms with E-state index in [-0.39, 0.29) is 0 Å². The summed E-state index contributed by atoms with van der Waals surface area (Å²) < 4.78 is 13.6. The van der Waals surface area contributed by atoms with Gasteiger partial charge in [0.2, 0.25) is 5.95 Å². The highest BCUT2D eigenvalue weighted by molar-refractivity contribution is 9.10. The lowest BCUT2D eigenvalue weighted by molar-refractivity contribution is 0.585. The molecule has 0 saturated carbocycles. The predicted octanol–water partition coefficient (Wildman–Crippen LogP) is 2.99. The van der Waals surface area contributed by atoms with Crippen molar-refractivity contribution in [1.29, 1.82) is 0 Å². The van der Waals surface area contributed by atoms with Crippen LogP contribution in [0, 0.1) is 5.95 Å². The molecular weight excluding hydrogens is 273 g/mol. The van der Waals surface area contributed by atoms with Gasteiger partial charge in [-0.3, -0.25) is 0 Å². The van der Waals surface area contributed by atoms with E-state index in [1.54, 1.807) is 12.1 Å². The molecule has 2 rings (SSSR count). The maximum Gasteiger partial charge on any atom is 0.214 e. The maximum atomic E-state index is 12.8. The highest BCUT2D eigenvalue weighted by Crippen LogP contribution is 2.09. The third-order valence-corrected chi connectivity index (χ3v) is 2.38. The summed E-state index contributed by atoms with van der Waals surface area (Å²) in [5, 5.41) is 2.99. The molecule has 82 valence electrons. The van der Waals surface area contributed by atoms with Gasteiger partial charge in [0.25, 0.3) is 0 Å². The normalized spacial score (nSPS) is 10.1. The Kier molecular flexibility index (Phi) is 3.46. The molecule has 2 aromatic rings. The zero-order chi connectivity index (χ0) is 11.4. The maximum absolute atomic E-state index is 12.8. The van der Waals surface area contributed by atoms with E-state index in [9.17, 15) is 4.39 Å². The molecule has 0 radical (unpaired) electrons. The highest BCUT2D eigenvalue weighted by Gasteiger charge is 1.98. The minimum Gasteiger partial charge on any atom is -0.364 e. The quantitative estimate of drug-likeness (QED) is 0.879. The molecule has 3 nitrogen and oxygen atoms in total. The van der Waals surface area contributed by atoms with Crippen molar-refractivity contribution in [3.05, 3.63) is 52.6 Å². The van der Waals surface area contributed by atoms with Gasteiger partial charge in [0.15, 0.2) is 0 Å². The number of pyridine rings is 2. The van der Waals surface area contributed by atoms with Crippen LogP contribution in [0.5, 0.6) is 0 Å². The molecule has 0 atom stereocenters. The summed E-state index contributed by atoms with van der Waals surface area (Å²) in [6.07, 6.45) is 0. The van der Waals surface area contributed by atoms with Gasteiger partial charge in [0, 0.05) is 0 Å². The summed E-state index contributed by atoms with van der Waals surface area (Å²) in [4.78, 5) is 7.94. The van der Waals surface area contributed by atoms with Crippen molar-refractivity contribution in [3.63, 3.8) is 0 Å². The second kappa shape index (κ2) is 5.03. The Labute approximate surface area is 101 Å². The van der Waals surface area contributed by atoms with Crippen LogP contribution in [0.4, 0.5) is 10.2 Å². The smallest absolute Gasteiger partial charge is 0.214 e. The molecule has 2 aromatic heterocycles. The molecule has 2 heterocycles. The van der Waals surface area contributed by atoms with Crippen LogP contribution in [0.25, 0.3) is 0 Å². The predicted molar refractivity (Wildman–Crippen MR) is 63.5 cm³/mol. The van der Waals surface area contributed by atoms with E-state index in [0.717, 1.165) is 10.3 Å². The molecule has 0 saturated heterocycles. The molecule has 0 aliphatic heterocycles. The number of halogens is 2. The Hall–Kier alpha value is -1.49. The fourth-order valence-electron chi connectivity index (χ4n) is 1.24. The third-order valence-electron chi connectivity index (χ3n) is 1.94. The monoisotopic (exact) mass is 281 g/mol. The van der Waals surface area contributed by atoms with Gasteiger partial charge in [-0.2, -0.15) is 4.39 Å². The highest BCUT2D eigenvalue weighted by atomic mass is 79.9. The minimum atomic E-state index is -0.493. The summed E-state index contributed by atoms with van der Waals surface area (Å²) in [6, 6.07) is 10.3. The molecule has 1 N–H and O–H groups in total. The van der Waals surface area contributed by atoms with Crippen molar-refractivity contribution >= 4 is 21.7 Å². The van der Waals surface area contributed by atoms with Crippen molar-refractivity contribution in [3.8, 4) is 0 Å². The average Bonchev–Trinajstić information content (AvgIpc) is 2.27. The number of hydrogen-bond acceptors (Lipinski definition) is 3. The Morgan fingerprint density at radius 1 is 1.12 bits per heavy atom. The van der Waals surface area contributed by atoms with Gasteiger partial charge in [0.05, 0.1) is 12.2 Å². The molecular formula is C11H9BrFN3. The molecule has 0 aliphatic carbocycles. The first-order valence-corrected chi connectivity index (χ1v) is 5.51. The zero-order valence-corrected chi connectivity index (χ0v) is 9.91. The Balaban J connectivity index is 2.02. The summed E-state index contributed by atoms with van der Waals surface area (Å²) in [6.45, 7) is 0.510. The number of hydrogen-bond donors (Lipinski definition) is 1. The number of nitrogens with zero attached hydrogens (tertiary/aromatic N) is 2. The summed E-state index contributed by atoms with van der Waals surface area (Å²) in [5.41, 5.74) is 0.862. The topological polar surface area (TPSA) is 37.8 Å². The van der Waals surface area contributed by atoms with Crippen LogP contribution in [0.15, 0.2) is 41.0 Å². The number of anilines is 1. The van der Waals surface area contributed by atoms with Crippen molar-refractivity contribution in [2.24, 2.45) is 0 Å². The van der Waals surface area contributed by atoms with Crippen molar-refractivity contribution in [1.82, 2.24) is 9.97 Å². The van der Waals surface area contributed by atoms with E-state index in [2.05, 4.69) is 31.2 Å². The lowest BCUT2D eigenvalue weighted by atomic mass is 10.3. The van der Waals surface area contributed by atoms with E-state index in [1.165, 1.54) is 6.07 Å². The average molecular weight is 282 g/mol. The van der Waals surface area contributed by atoms with E-state index < -0.39 is 5.95 Å². The van der Waals surface area contributed by atoms with Crippen LogP contribution < -0.4 is 5.32 Å². The summed E-state index contributed by atoms with van der Waals surface area (Å²) >= 11 is 3.29. The first-order chi connectivity index (χ1) is 7.74. The van der Waals surface area contributed by atoms with Gasteiger partial charge in [-0.05, 0) is 40.2 Å². The molecule has 0 aromatic carbocycles. The zero-order valence-electron chi connectivity index (χ0n) is 8.32. The fourth-order valence-corrected chi connectivity index (χ4v) is 1.62. The lowest BCUT2D eigenvalue weighted by Gasteiger charge is -2.04. The molecule has 0 aliphatic rings. The van der Waals surface area contributed by atoms with Crippen LogP contribution >= 0.6 is 15.9 Å². The van der Waals surface area contributed by atoms with Crippen LogP contribution in [0.2, 0.25) is 0 Å². The van der Waals surface area contributed by atoms with Crippen molar-refractivity contribution in [2.45, 2.75) is 6.54 Å². The Morgan fingerprint density at radius 2 is 1.94 bits per heavy atom. The molecule has 0 spiro atoms. The van der Waals surface area contributed by atoms with Crippen molar-refractivity contribution in [2.75, 3.05) is 5.32 Å². The molecule has 0 unspecified atom stereocenters. The molecule has 0 bridgehead atoms. The third kappa shape index (κ3) is 3.00. The second-order valence-corrected chi connectivity index (χ2v) is 3.96. The number of aromatic nitrogens is 2. The lowest BCUT2D eigenvalue weighted by Crippen LogP contribution is -2.03. The van der Waals surface area contributed by atoms with Gasteiger partial charge in [-0.1, -0.05) is 12.1 Å². The Morgan fingerprint density at radius 3 is 2.69 bits per heavy atom. The Bertz CT molecular complexity index is 445. The van der Waals surface area contributed by atoms with Gasteiger partial charge in [-0.15, -0.1) is 0 Å². The molecule has 0 amide bonds. The van der Waals surface area contributed by atoms with Crippen LogP contribution in [-0.4, -0.2) is 9.97 Å². The molecule has 16 heavy (non-hydrogen) atoms. The number of nitrogens with one attached hydrogen (secondary N) is 1. The fraction of sp³-hybridized carbons (Fsp3) is 0.0909. The minimum absolute atomic E-state index is 0.493. The standard InChI is InChI=1S/C11H9BrFN3/c12-9-4-1-3-8(15-9)7-14-11-6-2-5-10(13)16-11/h1-6H,7H2,(H,14,16). The van der Waals surface area contributed by atoms with E-state index in [4.69, 9.17) is 0 Å². The van der Waals surface area contributed by atoms with Gasteiger partial charge >= 0.3 is 0 Å². The van der Waals surface area contributed by atoms with Crippen LogP contribution in [-0.2, 0) is 6.54 Å². The van der Waals surface area contributed by atoms with E-state index in [0.29, 0.717) is 12.4 Å². The largest absolute Gasteiger partial charge is 0.364 e. The van der Waals surface area contributed by atoms with Crippen molar-refractivity contribution < 1.29 is 4.39 Å². The van der Waals surface area contributed by atoms with Gasteiger partial charge < -0.3 is 5.32 Å². The SMILES string of the molecule is Fc1cccc(NCc2cccc(Br)n2)n1. The number of rotatable bonds is 3. The molecule has 0 fully saturated rings. The molecule has 5 heteroatoms. The first kappa shape index (κ1) is 11.0. The van der Waals surface area contributed by atoms with E-state index >= 15 is 0 Å². The first-order valence-electron chi connectivity index (χ1n) is 4.72. The van der Waals surface area contributed by atoms with Crippen LogP contribution in [0.1, 0.15) is 5.69 Å². The second-order valence-electron chi connectivity index (χ2n) is 3.15. The summed E-state index contributed by atoms with van der Waals surface area (Å²) in [7, 11) is 0. The van der Waals surface area contributed by atoms with E-state index in [1.807, 2.05) is 18.2 Å². The van der Waals surface area contributed by atoms with Gasteiger partial charge in [-0.25, -0.2) is 9.97 Å².